The summed E-state index contributed by atoms with van der Waals surface area (Å²) in [6.07, 6.45) is 1.10. The highest BCUT2D eigenvalue weighted by atomic mass is 32.2. The third-order valence-corrected chi connectivity index (χ3v) is 4.45. The van der Waals surface area contributed by atoms with Crippen LogP contribution in [0.3, 0.4) is 0 Å². The highest BCUT2D eigenvalue weighted by molar-refractivity contribution is 7.88. The number of ether oxygens (including phenoxy) is 1. The van der Waals surface area contributed by atoms with E-state index >= 15 is 0 Å². The van der Waals surface area contributed by atoms with Gasteiger partial charge in [0, 0.05) is 19.0 Å². The maximum Gasteiger partial charge on any atom is 0.313 e. The fraction of sp³-hybridized carbons (Fsp3) is 0.875. The fourth-order valence-electron chi connectivity index (χ4n) is 2.24. The Balaban J connectivity index is 2.29. The summed E-state index contributed by atoms with van der Waals surface area (Å²) in [6, 6.07) is 0. The van der Waals surface area contributed by atoms with Gasteiger partial charge in [-0.1, -0.05) is 0 Å². The summed E-state index contributed by atoms with van der Waals surface area (Å²) in [5, 5.41) is 9.16. The molecule has 2 saturated heterocycles. The summed E-state index contributed by atoms with van der Waals surface area (Å²) < 4.78 is 29.0. The number of aliphatic carboxylic acids is 1. The lowest BCUT2D eigenvalue weighted by Gasteiger charge is -2.20. The molecule has 7 heteroatoms. The molecule has 0 aromatic carbocycles. The second-order valence-corrected chi connectivity index (χ2v) is 6.21. The van der Waals surface area contributed by atoms with Crippen molar-refractivity contribution in [1.82, 2.24) is 4.31 Å². The Hall–Kier alpha value is -0.660. The van der Waals surface area contributed by atoms with E-state index in [9.17, 15) is 13.2 Å². The topological polar surface area (TPSA) is 83.9 Å². The van der Waals surface area contributed by atoms with Crippen molar-refractivity contribution < 1.29 is 23.1 Å². The molecule has 2 atom stereocenters. The first-order valence-corrected chi connectivity index (χ1v) is 6.47. The van der Waals surface area contributed by atoms with Crippen LogP contribution in [0, 0.1) is 11.3 Å². The summed E-state index contributed by atoms with van der Waals surface area (Å²) in [7, 11) is -3.30. The van der Waals surface area contributed by atoms with Crippen molar-refractivity contribution in [2.45, 2.75) is 0 Å². The molecule has 2 aliphatic heterocycles. The van der Waals surface area contributed by atoms with Crippen molar-refractivity contribution in [3.63, 3.8) is 0 Å². The van der Waals surface area contributed by atoms with Crippen LogP contribution < -0.4 is 0 Å². The summed E-state index contributed by atoms with van der Waals surface area (Å²) >= 11 is 0. The normalized spacial score (nSPS) is 36.7. The van der Waals surface area contributed by atoms with Gasteiger partial charge in [-0.25, -0.2) is 12.7 Å². The number of hydrogen-bond donors (Lipinski definition) is 1. The van der Waals surface area contributed by atoms with E-state index in [2.05, 4.69) is 0 Å². The first-order valence-electron chi connectivity index (χ1n) is 4.62. The van der Waals surface area contributed by atoms with Gasteiger partial charge in [0.1, 0.15) is 5.41 Å². The molecular formula is C8H13NO5S. The lowest BCUT2D eigenvalue weighted by Crippen LogP contribution is -2.39. The van der Waals surface area contributed by atoms with Crippen molar-refractivity contribution in [1.29, 1.82) is 0 Å². The predicted octanol–water partition coefficient (Wildman–Crippen LogP) is -1.02. The minimum absolute atomic E-state index is 0.0336. The van der Waals surface area contributed by atoms with E-state index in [1.165, 1.54) is 4.31 Å². The predicted molar refractivity (Wildman–Crippen MR) is 50.8 cm³/mol. The Labute approximate surface area is 87.9 Å². The molecule has 0 bridgehead atoms. The van der Waals surface area contributed by atoms with Gasteiger partial charge in [-0.05, 0) is 0 Å². The quantitative estimate of drug-likeness (QED) is 0.662. The molecule has 2 fully saturated rings. The third kappa shape index (κ3) is 1.54. The van der Waals surface area contributed by atoms with Gasteiger partial charge in [0.05, 0.1) is 19.5 Å². The lowest BCUT2D eigenvalue weighted by molar-refractivity contribution is -0.149. The fourth-order valence-corrected chi connectivity index (χ4v) is 3.16. The summed E-state index contributed by atoms with van der Waals surface area (Å²) in [4.78, 5) is 11.2. The van der Waals surface area contributed by atoms with E-state index in [0.29, 0.717) is 6.61 Å². The zero-order valence-corrected chi connectivity index (χ0v) is 9.16. The molecule has 15 heavy (non-hydrogen) atoms. The maximum absolute atomic E-state index is 11.3. The number of nitrogens with zero attached hydrogens (tertiary/aromatic N) is 1. The number of hydrogen-bond acceptors (Lipinski definition) is 4. The number of carboxylic acids is 1. The van der Waals surface area contributed by atoms with Crippen molar-refractivity contribution >= 4 is 16.0 Å². The number of carboxylic acid groups (broad SMARTS) is 1. The Morgan fingerprint density at radius 3 is 2.73 bits per heavy atom. The second kappa shape index (κ2) is 3.16. The molecule has 0 saturated carbocycles. The van der Waals surface area contributed by atoms with Crippen LogP contribution in [-0.4, -0.2) is 56.4 Å². The summed E-state index contributed by atoms with van der Waals surface area (Å²) in [5.41, 5.74) is -1.02. The molecule has 2 aliphatic rings. The average Bonchev–Trinajstić information content (AvgIpc) is 2.55. The van der Waals surface area contributed by atoms with Crippen molar-refractivity contribution in [3.8, 4) is 0 Å². The van der Waals surface area contributed by atoms with E-state index in [-0.39, 0.29) is 25.6 Å². The highest BCUT2D eigenvalue weighted by Crippen LogP contribution is 2.42. The van der Waals surface area contributed by atoms with Crippen LogP contribution in [0.2, 0.25) is 0 Å². The maximum atomic E-state index is 11.3. The Morgan fingerprint density at radius 1 is 1.60 bits per heavy atom. The first kappa shape index (κ1) is 10.8. The van der Waals surface area contributed by atoms with Crippen LogP contribution in [0.5, 0.6) is 0 Å². The summed E-state index contributed by atoms with van der Waals surface area (Å²) in [6.45, 7) is 0.730. The van der Waals surface area contributed by atoms with Gasteiger partial charge in [0.25, 0.3) is 0 Å². The molecule has 0 aromatic heterocycles. The van der Waals surface area contributed by atoms with Gasteiger partial charge in [-0.15, -0.1) is 0 Å². The second-order valence-electron chi connectivity index (χ2n) is 4.23. The molecular weight excluding hydrogens is 222 g/mol. The van der Waals surface area contributed by atoms with Gasteiger partial charge in [-0.3, -0.25) is 4.79 Å². The van der Waals surface area contributed by atoms with Gasteiger partial charge in [-0.2, -0.15) is 0 Å². The van der Waals surface area contributed by atoms with Crippen LogP contribution in [0.15, 0.2) is 0 Å². The van der Waals surface area contributed by atoms with Gasteiger partial charge in [0.2, 0.25) is 10.0 Å². The van der Waals surface area contributed by atoms with Crippen LogP contribution in [0.4, 0.5) is 0 Å². The zero-order valence-electron chi connectivity index (χ0n) is 8.34. The van der Waals surface area contributed by atoms with E-state index in [1.54, 1.807) is 0 Å². The van der Waals surface area contributed by atoms with E-state index in [4.69, 9.17) is 9.84 Å². The number of fused-ring (bicyclic) bond motifs is 1. The minimum atomic E-state index is -3.30. The number of sulfonamides is 1. The molecule has 0 amide bonds. The Bertz CT molecular complexity index is 392. The van der Waals surface area contributed by atoms with E-state index in [1.807, 2.05) is 0 Å². The number of carbonyl (C=O) groups is 1. The SMILES string of the molecule is CS(=O)(=O)N1C[C@@H]2COC[C@]2(C(=O)O)C1. The molecule has 0 spiro atoms. The van der Waals surface area contributed by atoms with Gasteiger partial charge >= 0.3 is 5.97 Å². The average molecular weight is 235 g/mol. The first-order chi connectivity index (χ1) is 6.86. The van der Waals surface area contributed by atoms with Gasteiger partial charge < -0.3 is 9.84 Å². The molecule has 0 aliphatic carbocycles. The van der Waals surface area contributed by atoms with Crippen LogP contribution in [0.1, 0.15) is 0 Å². The molecule has 2 heterocycles. The molecule has 6 nitrogen and oxygen atoms in total. The summed E-state index contributed by atoms with van der Waals surface area (Å²) in [5.74, 6) is -1.18. The molecule has 0 unspecified atom stereocenters. The van der Waals surface area contributed by atoms with Gasteiger partial charge in [0.15, 0.2) is 0 Å². The van der Waals surface area contributed by atoms with Crippen LogP contribution in [-0.2, 0) is 19.6 Å². The van der Waals surface area contributed by atoms with Crippen molar-refractivity contribution in [3.05, 3.63) is 0 Å². The van der Waals surface area contributed by atoms with Crippen LogP contribution >= 0.6 is 0 Å². The monoisotopic (exact) mass is 235 g/mol. The Kier molecular flexibility index (Phi) is 2.29. The third-order valence-electron chi connectivity index (χ3n) is 3.24. The minimum Gasteiger partial charge on any atom is -0.481 e. The molecule has 0 aromatic rings. The molecule has 0 radical (unpaired) electrons. The van der Waals surface area contributed by atoms with Crippen LogP contribution in [0.25, 0.3) is 0 Å². The van der Waals surface area contributed by atoms with E-state index < -0.39 is 21.4 Å². The molecule has 86 valence electrons. The molecule has 1 N–H and O–H groups in total. The lowest BCUT2D eigenvalue weighted by atomic mass is 9.81. The smallest absolute Gasteiger partial charge is 0.313 e. The van der Waals surface area contributed by atoms with E-state index in [0.717, 1.165) is 6.26 Å². The van der Waals surface area contributed by atoms with Crippen molar-refractivity contribution in [2.75, 3.05) is 32.6 Å². The Morgan fingerprint density at radius 2 is 2.27 bits per heavy atom. The standard InChI is InChI=1S/C8H13NO5S/c1-15(12,13)9-2-6-3-14-5-8(6,4-9)7(10)11/h6H,2-5H2,1H3,(H,10,11)/t6-,8-/m1/s1. The zero-order chi connectivity index (χ0) is 11.3. The largest absolute Gasteiger partial charge is 0.481 e. The van der Waals surface area contributed by atoms with Crippen molar-refractivity contribution in [2.24, 2.45) is 11.3 Å². The number of rotatable bonds is 2. The highest BCUT2D eigenvalue weighted by Gasteiger charge is 2.57. The molecule has 2 rings (SSSR count).